The molecule has 0 bridgehead atoms. The lowest BCUT2D eigenvalue weighted by atomic mass is 10.2. The molecule has 0 aliphatic heterocycles. The quantitative estimate of drug-likeness (QED) is 0.330. The molecule has 0 heterocycles. The van der Waals surface area contributed by atoms with Crippen molar-refractivity contribution in [3.05, 3.63) is 46.3 Å². The molecule has 0 aliphatic carbocycles. The third kappa shape index (κ3) is 5.36. The molecule has 0 fully saturated rings. The zero-order valence-electron chi connectivity index (χ0n) is 8.99. The van der Waals surface area contributed by atoms with E-state index in [4.69, 9.17) is 10.3 Å². The van der Waals surface area contributed by atoms with Gasteiger partial charge in [0.2, 0.25) is 0 Å². The topological polar surface area (TPSA) is 78.2 Å². The average Bonchev–Trinajstić information content (AvgIpc) is 2.33. The summed E-state index contributed by atoms with van der Waals surface area (Å²) in [7, 11) is 0. The molecule has 1 atom stereocenters. The first-order valence-electron chi connectivity index (χ1n) is 5.13. The number of rotatable bonds is 7. The van der Waals surface area contributed by atoms with Gasteiger partial charge in [0, 0.05) is 4.91 Å². The van der Waals surface area contributed by atoms with E-state index < -0.39 is 6.10 Å². The number of hydrogen-bond acceptors (Lipinski definition) is 3. The standard InChI is InChI=1S/C11H15N3O2/c12-14-13-8-11(15)9-16-7-6-10-4-2-1-3-5-10/h1-5,11,15H,6-9H2. The first-order chi connectivity index (χ1) is 7.83. The Morgan fingerprint density at radius 2 is 2.12 bits per heavy atom. The predicted octanol–water partition coefficient (Wildman–Crippen LogP) is 1.92. The van der Waals surface area contributed by atoms with E-state index in [1.165, 1.54) is 5.56 Å². The summed E-state index contributed by atoms with van der Waals surface area (Å²) in [5, 5.41) is 12.5. The lowest BCUT2D eigenvalue weighted by Crippen LogP contribution is -2.19. The Bertz CT molecular complexity index is 336. The van der Waals surface area contributed by atoms with Crippen molar-refractivity contribution < 1.29 is 9.84 Å². The van der Waals surface area contributed by atoms with Crippen LogP contribution < -0.4 is 0 Å². The van der Waals surface area contributed by atoms with Crippen LogP contribution in [-0.2, 0) is 11.2 Å². The van der Waals surface area contributed by atoms with Crippen LogP contribution in [0.3, 0.4) is 0 Å². The van der Waals surface area contributed by atoms with Gasteiger partial charge >= 0.3 is 0 Å². The fourth-order valence-electron chi connectivity index (χ4n) is 1.24. The van der Waals surface area contributed by atoms with Crippen LogP contribution in [0.2, 0.25) is 0 Å². The number of nitrogens with zero attached hydrogens (tertiary/aromatic N) is 3. The minimum Gasteiger partial charge on any atom is -0.391 e. The Balaban J connectivity index is 2.10. The van der Waals surface area contributed by atoms with Gasteiger partial charge in [-0.2, -0.15) is 0 Å². The summed E-state index contributed by atoms with van der Waals surface area (Å²) in [5.74, 6) is 0. The fourth-order valence-corrected chi connectivity index (χ4v) is 1.24. The second-order valence-electron chi connectivity index (χ2n) is 3.38. The van der Waals surface area contributed by atoms with Crippen LogP contribution in [0, 0.1) is 0 Å². The highest BCUT2D eigenvalue weighted by Gasteiger charge is 2.01. The monoisotopic (exact) mass is 221 g/mol. The van der Waals surface area contributed by atoms with Crippen LogP contribution in [0.1, 0.15) is 5.56 Å². The number of azide groups is 1. The zero-order chi connectivity index (χ0) is 11.6. The maximum atomic E-state index is 9.29. The molecule has 0 spiro atoms. The van der Waals surface area contributed by atoms with Gasteiger partial charge in [0.1, 0.15) is 0 Å². The maximum absolute atomic E-state index is 9.29. The van der Waals surface area contributed by atoms with Gasteiger partial charge in [-0.3, -0.25) is 0 Å². The second kappa shape index (κ2) is 7.70. The van der Waals surface area contributed by atoms with Gasteiger partial charge in [-0.25, -0.2) is 0 Å². The molecule has 86 valence electrons. The molecule has 1 N–H and O–H groups in total. The Kier molecular flexibility index (Phi) is 6.03. The van der Waals surface area contributed by atoms with E-state index in [0.29, 0.717) is 6.61 Å². The molecule has 0 aromatic heterocycles. The molecule has 1 aromatic rings. The SMILES string of the molecule is [N-]=[N+]=NCC(O)COCCc1ccccc1. The summed E-state index contributed by atoms with van der Waals surface area (Å²) >= 11 is 0. The smallest absolute Gasteiger partial charge is 0.0829 e. The van der Waals surface area contributed by atoms with E-state index in [9.17, 15) is 5.11 Å². The molecule has 16 heavy (non-hydrogen) atoms. The molecule has 0 radical (unpaired) electrons. The van der Waals surface area contributed by atoms with Crippen LogP contribution >= 0.6 is 0 Å². The largest absolute Gasteiger partial charge is 0.391 e. The molecule has 1 aromatic carbocycles. The van der Waals surface area contributed by atoms with Crippen molar-refractivity contribution in [3.8, 4) is 0 Å². The molecule has 1 unspecified atom stereocenters. The van der Waals surface area contributed by atoms with Crippen LogP contribution in [0.5, 0.6) is 0 Å². The molecular weight excluding hydrogens is 206 g/mol. The number of aliphatic hydroxyl groups excluding tert-OH is 1. The normalized spacial score (nSPS) is 11.8. The van der Waals surface area contributed by atoms with Crippen molar-refractivity contribution in [1.29, 1.82) is 0 Å². The minimum absolute atomic E-state index is 0.0574. The zero-order valence-corrected chi connectivity index (χ0v) is 8.99. The molecule has 1 rings (SSSR count). The van der Waals surface area contributed by atoms with Crippen molar-refractivity contribution in [2.24, 2.45) is 5.11 Å². The van der Waals surface area contributed by atoms with E-state index >= 15 is 0 Å². The average molecular weight is 221 g/mol. The van der Waals surface area contributed by atoms with Gasteiger partial charge in [-0.05, 0) is 17.5 Å². The first kappa shape index (κ1) is 12.5. The summed E-state index contributed by atoms with van der Waals surface area (Å²) in [5.41, 5.74) is 9.24. The summed E-state index contributed by atoms with van der Waals surface area (Å²) in [6.07, 6.45) is 0.0985. The highest BCUT2D eigenvalue weighted by Crippen LogP contribution is 1.99. The lowest BCUT2D eigenvalue weighted by molar-refractivity contribution is 0.0427. The Morgan fingerprint density at radius 1 is 1.38 bits per heavy atom. The highest BCUT2D eigenvalue weighted by molar-refractivity contribution is 5.14. The second-order valence-corrected chi connectivity index (χ2v) is 3.38. The van der Waals surface area contributed by atoms with Gasteiger partial charge in [-0.15, -0.1) is 0 Å². The van der Waals surface area contributed by atoms with Gasteiger partial charge in [0.05, 0.1) is 25.9 Å². The molecule has 0 saturated heterocycles. The minimum atomic E-state index is -0.716. The first-order valence-corrected chi connectivity index (χ1v) is 5.13. The number of ether oxygens (including phenoxy) is 1. The third-order valence-corrected chi connectivity index (χ3v) is 2.04. The van der Waals surface area contributed by atoms with Crippen molar-refractivity contribution in [1.82, 2.24) is 0 Å². The van der Waals surface area contributed by atoms with Gasteiger partial charge in [0.25, 0.3) is 0 Å². The molecule has 5 heteroatoms. The predicted molar refractivity (Wildman–Crippen MR) is 61.0 cm³/mol. The molecule has 0 amide bonds. The fraction of sp³-hybridized carbons (Fsp3) is 0.455. The van der Waals surface area contributed by atoms with Crippen LogP contribution in [0.25, 0.3) is 10.4 Å². The number of aliphatic hydroxyl groups is 1. The maximum Gasteiger partial charge on any atom is 0.0829 e. The number of hydrogen-bond donors (Lipinski definition) is 1. The molecular formula is C11H15N3O2. The van der Waals surface area contributed by atoms with Crippen molar-refractivity contribution in [2.45, 2.75) is 12.5 Å². The van der Waals surface area contributed by atoms with E-state index in [-0.39, 0.29) is 13.2 Å². The van der Waals surface area contributed by atoms with E-state index in [1.807, 2.05) is 30.3 Å². The van der Waals surface area contributed by atoms with Gasteiger partial charge in [-0.1, -0.05) is 35.4 Å². The summed E-state index contributed by atoms with van der Waals surface area (Å²) in [6, 6.07) is 9.98. The van der Waals surface area contributed by atoms with Crippen LogP contribution in [-0.4, -0.2) is 31.0 Å². The molecule has 0 saturated carbocycles. The van der Waals surface area contributed by atoms with Crippen molar-refractivity contribution >= 4 is 0 Å². The summed E-state index contributed by atoms with van der Waals surface area (Å²) < 4.78 is 5.26. The van der Waals surface area contributed by atoms with E-state index in [1.54, 1.807) is 0 Å². The van der Waals surface area contributed by atoms with Gasteiger partial charge in [0.15, 0.2) is 0 Å². The lowest BCUT2D eigenvalue weighted by Gasteiger charge is -2.08. The highest BCUT2D eigenvalue weighted by atomic mass is 16.5. The Hall–Kier alpha value is -1.55. The van der Waals surface area contributed by atoms with Crippen molar-refractivity contribution in [3.63, 3.8) is 0 Å². The molecule has 5 nitrogen and oxygen atoms in total. The van der Waals surface area contributed by atoms with E-state index in [2.05, 4.69) is 10.0 Å². The van der Waals surface area contributed by atoms with Gasteiger partial charge < -0.3 is 9.84 Å². The Morgan fingerprint density at radius 3 is 2.81 bits per heavy atom. The van der Waals surface area contributed by atoms with Crippen LogP contribution in [0.4, 0.5) is 0 Å². The Labute approximate surface area is 94.3 Å². The molecule has 0 aliphatic rings. The van der Waals surface area contributed by atoms with Crippen LogP contribution in [0.15, 0.2) is 35.4 Å². The summed E-state index contributed by atoms with van der Waals surface area (Å²) in [4.78, 5) is 2.56. The summed E-state index contributed by atoms with van der Waals surface area (Å²) in [6.45, 7) is 0.811. The number of benzene rings is 1. The third-order valence-electron chi connectivity index (χ3n) is 2.04. The van der Waals surface area contributed by atoms with E-state index in [0.717, 1.165) is 6.42 Å². The van der Waals surface area contributed by atoms with Crippen molar-refractivity contribution in [2.75, 3.05) is 19.8 Å².